The molecule has 0 fully saturated rings. The molecule has 12 nitrogen and oxygen atoms in total. The third-order valence-corrected chi connectivity index (χ3v) is 9.96. The number of hydrogen-bond donors (Lipinski definition) is 1. The quantitative estimate of drug-likeness (QED) is 0.171. The van der Waals surface area contributed by atoms with Crippen molar-refractivity contribution in [2.45, 2.75) is 40.8 Å². The topological polar surface area (TPSA) is 135 Å². The number of halogens is 3. The van der Waals surface area contributed by atoms with E-state index < -0.39 is 0 Å². The first-order valence-corrected chi connectivity index (χ1v) is 20.4. The van der Waals surface area contributed by atoms with Gasteiger partial charge in [0.2, 0.25) is 0 Å². The summed E-state index contributed by atoms with van der Waals surface area (Å²) in [5.74, 6) is 0.941. The molecule has 6 heterocycles. The van der Waals surface area contributed by atoms with Crippen LogP contribution in [0.15, 0.2) is 70.5 Å². The van der Waals surface area contributed by atoms with Gasteiger partial charge < -0.3 is 19.0 Å². The summed E-state index contributed by atoms with van der Waals surface area (Å²) in [6.07, 6.45) is 3.48. The zero-order valence-electron chi connectivity index (χ0n) is 30.7. The second-order valence-electron chi connectivity index (χ2n) is 11.4. The molecule has 1 N–H and O–H groups in total. The number of aromatic hydroxyl groups is 1. The summed E-state index contributed by atoms with van der Waals surface area (Å²) in [4.78, 5) is 34.7. The first-order chi connectivity index (χ1) is 25.8. The molecule has 0 aliphatic rings. The highest BCUT2D eigenvalue weighted by molar-refractivity contribution is 9.69. The first kappa shape index (κ1) is 38.9. The number of ether oxygens (including phenoxy) is 1. The van der Waals surface area contributed by atoms with Gasteiger partial charge in [-0.05, 0) is 49.2 Å². The number of aromatic nitrogens is 8. The minimum atomic E-state index is -0.156. The van der Waals surface area contributed by atoms with Gasteiger partial charge in [0.15, 0.2) is 11.3 Å². The summed E-state index contributed by atoms with van der Waals surface area (Å²) >= 11 is 12.5. The maximum absolute atomic E-state index is 12.9. The fourth-order valence-corrected chi connectivity index (χ4v) is 7.71. The van der Waals surface area contributed by atoms with Crippen molar-refractivity contribution in [2.24, 2.45) is 14.1 Å². The van der Waals surface area contributed by atoms with Crippen LogP contribution in [0.1, 0.15) is 36.3 Å². The summed E-state index contributed by atoms with van der Waals surface area (Å²) in [6, 6.07) is 14.5. The van der Waals surface area contributed by atoms with Crippen LogP contribution in [0.4, 0.5) is 0 Å². The fourth-order valence-electron chi connectivity index (χ4n) is 5.78. The predicted molar refractivity (Wildman–Crippen MR) is 229 cm³/mol. The van der Waals surface area contributed by atoms with E-state index in [2.05, 4.69) is 67.4 Å². The van der Waals surface area contributed by atoms with E-state index in [4.69, 9.17) is 6.11 Å². The minimum Gasteiger partial charge on any atom is -0.508 e. The summed E-state index contributed by atoms with van der Waals surface area (Å²) < 4.78 is 20.3. The van der Waals surface area contributed by atoms with Crippen LogP contribution in [0.2, 0.25) is 0 Å². The molecule has 8 aromatic rings. The van der Waals surface area contributed by atoms with Gasteiger partial charge in [-0.25, -0.2) is 19.3 Å². The van der Waals surface area contributed by atoms with Gasteiger partial charge in [-0.15, -0.1) is 69.9 Å². The molecule has 0 unspecified atom stereocenters. The SMILES string of the molecule is BrB(Br)Br.COc1cccc(Cn2ncc3c4sc(C)nc4n(C)c3c2=O)c1.Cc1nc2c(s1)c1cnn(Cc3cccc(O)c3)c(=O)c1n2C.[2H]CC. The van der Waals surface area contributed by atoms with Crippen LogP contribution in [0.25, 0.3) is 42.5 Å². The average molecular weight is 948 g/mol. The number of methoxy groups -OCH3 is 1. The number of thiazole rings is 2. The Labute approximate surface area is 339 Å². The van der Waals surface area contributed by atoms with E-state index in [0.717, 1.165) is 58.4 Å². The van der Waals surface area contributed by atoms with Crippen LogP contribution in [-0.4, -0.2) is 54.1 Å². The number of phenolic OH excluding ortho intramolecular Hbond substituents is 1. The largest absolute Gasteiger partial charge is 0.508 e. The smallest absolute Gasteiger partial charge is 0.369 e. The van der Waals surface area contributed by atoms with Gasteiger partial charge in [0.05, 0.1) is 52.0 Å². The van der Waals surface area contributed by atoms with E-state index in [1.165, 1.54) is 9.36 Å². The normalized spacial score (nSPS) is 11.1. The van der Waals surface area contributed by atoms with Crippen molar-refractivity contribution >= 4 is 116 Å². The lowest BCUT2D eigenvalue weighted by atomic mass is 10.2. The first-order valence-electron chi connectivity index (χ1n) is 16.7. The molecule has 0 spiro atoms. The van der Waals surface area contributed by atoms with Crippen molar-refractivity contribution in [3.05, 3.63) is 103 Å². The lowest BCUT2D eigenvalue weighted by molar-refractivity contribution is 0.414. The van der Waals surface area contributed by atoms with Crippen molar-refractivity contribution in [2.75, 3.05) is 7.11 Å². The predicted octanol–water partition coefficient (Wildman–Crippen LogP) is 8.30. The van der Waals surface area contributed by atoms with E-state index in [0.29, 0.717) is 31.0 Å². The number of aryl methyl sites for hydroxylation is 4. The fraction of sp³-hybridized carbons (Fsp3) is 0.257. The highest BCUT2D eigenvalue weighted by Crippen LogP contribution is 2.31. The number of phenols is 1. The molecular weight excluding hydrogens is 911 g/mol. The Balaban J connectivity index is 0.000000178. The molecule has 18 heteroatoms. The van der Waals surface area contributed by atoms with E-state index in [-0.39, 0.29) is 20.1 Å². The van der Waals surface area contributed by atoms with Gasteiger partial charge in [-0.1, -0.05) is 38.1 Å². The molecule has 0 aliphatic carbocycles. The Kier molecular flexibility index (Phi) is 12.9. The Morgan fingerprint density at radius 1 is 0.811 bits per heavy atom. The zero-order chi connectivity index (χ0) is 39.3. The van der Waals surface area contributed by atoms with Crippen LogP contribution in [-0.2, 0) is 27.2 Å². The van der Waals surface area contributed by atoms with Gasteiger partial charge in [0, 0.05) is 26.2 Å². The summed E-state index contributed by atoms with van der Waals surface area (Å²) in [7, 11) is 5.35. The van der Waals surface area contributed by atoms with E-state index in [1.54, 1.807) is 67.3 Å². The third-order valence-electron chi connectivity index (χ3n) is 7.97. The summed E-state index contributed by atoms with van der Waals surface area (Å²) in [5.41, 5.74) is 4.42. The molecule has 0 bridgehead atoms. The Morgan fingerprint density at radius 2 is 1.25 bits per heavy atom. The number of rotatable bonds is 5. The van der Waals surface area contributed by atoms with Crippen LogP contribution < -0.4 is 15.9 Å². The van der Waals surface area contributed by atoms with Crippen LogP contribution in [0.5, 0.6) is 11.5 Å². The highest BCUT2D eigenvalue weighted by atomic mass is 79.9. The summed E-state index contributed by atoms with van der Waals surface area (Å²) in [6.45, 7) is 6.92. The molecule has 2 aromatic carbocycles. The molecule has 276 valence electrons. The number of hydrogen-bond acceptors (Lipinski definition) is 10. The average Bonchev–Trinajstić information content (AvgIpc) is 3.84. The second kappa shape index (κ2) is 17.5. The molecule has 8 rings (SSSR count). The van der Waals surface area contributed by atoms with Crippen molar-refractivity contribution < 1.29 is 11.2 Å². The molecule has 0 atom stereocenters. The number of nitrogens with zero attached hydrogens (tertiary/aromatic N) is 8. The van der Waals surface area contributed by atoms with Crippen molar-refractivity contribution in [3.63, 3.8) is 0 Å². The Bertz CT molecular complexity index is 2690. The molecule has 6 aromatic heterocycles. The van der Waals surface area contributed by atoms with Gasteiger partial charge in [0.1, 0.15) is 22.5 Å². The van der Waals surface area contributed by atoms with Crippen molar-refractivity contribution in [3.8, 4) is 11.5 Å². The standard InChI is InChI=1S/C17H16N4O2S.C16H14N4O2S.C2H6.BBr3/c1-10-19-16-15(24-10)13-8-18-21(17(22)14(13)20(16)2)9-11-5-4-6-12(7-11)23-3;1-9-18-15-14(23-9)12-7-17-20(16(22)13(12)19(15)2)8-10-4-3-5-11(21)6-10;1-2;2-1(3)4/h4-8H,9H2,1-3H3;3-7,21H,8H2,1-2H3;1-2H3;/i;;1D;. The third kappa shape index (κ3) is 8.77. The highest BCUT2D eigenvalue weighted by Gasteiger charge is 2.18. The molecule has 53 heavy (non-hydrogen) atoms. The summed E-state index contributed by atoms with van der Waals surface area (Å²) in [5, 5.41) is 21.9. The van der Waals surface area contributed by atoms with Crippen LogP contribution in [0.3, 0.4) is 0 Å². The monoisotopic (exact) mass is 945 g/mol. The molecule has 0 aliphatic heterocycles. The van der Waals surface area contributed by atoms with Crippen molar-refractivity contribution in [1.29, 1.82) is 0 Å². The van der Waals surface area contributed by atoms with Crippen LogP contribution in [0, 0.1) is 13.8 Å². The molecular formula is C35H36BBr3N8O4S2. The van der Waals surface area contributed by atoms with Gasteiger partial charge in [0.25, 0.3) is 11.1 Å². The second-order valence-corrected chi connectivity index (χ2v) is 20.2. The van der Waals surface area contributed by atoms with E-state index in [1.807, 2.05) is 67.4 Å². The van der Waals surface area contributed by atoms with Gasteiger partial charge in [-0.3, -0.25) is 9.59 Å². The Morgan fingerprint density at radius 3 is 1.68 bits per heavy atom. The molecule has 0 radical (unpaired) electrons. The van der Waals surface area contributed by atoms with Crippen LogP contribution >= 0.6 is 69.9 Å². The number of benzene rings is 2. The minimum absolute atomic E-state index is 0.110. The molecule has 0 saturated carbocycles. The van der Waals surface area contributed by atoms with Gasteiger partial charge in [-0.2, -0.15) is 10.2 Å². The van der Waals surface area contributed by atoms with E-state index >= 15 is 0 Å². The lowest BCUT2D eigenvalue weighted by Gasteiger charge is -2.07. The lowest BCUT2D eigenvalue weighted by Crippen LogP contribution is -2.24. The maximum atomic E-state index is 12.9. The van der Waals surface area contributed by atoms with Crippen molar-refractivity contribution in [1.82, 2.24) is 38.7 Å². The van der Waals surface area contributed by atoms with E-state index in [9.17, 15) is 14.7 Å². The maximum Gasteiger partial charge on any atom is 0.369 e. The molecule has 0 amide bonds. The number of fused-ring (bicyclic) bond motifs is 6. The van der Waals surface area contributed by atoms with Gasteiger partial charge >= 0.3 is 3.18 Å². The zero-order valence-corrected chi connectivity index (χ0v) is 36.1. The molecule has 0 saturated heterocycles. The Hall–Kier alpha value is -3.84.